The Morgan fingerprint density at radius 3 is 2.80 bits per heavy atom. The molecule has 0 spiro atoms. The molecule has 2 aliphatic rings. The topological polar surface area (TPSA) is 72.8 Å². The van der Waals surface area contributed by atoms with Crippen LogP contribution in [0.2, 0.25) is 0 Å². The van der Waals surface area contributed by atoms with Crippen LogP contribution in [0, 0.1) is 0 Å². The van der Waals surface area contributed by atoms with Crippen molar-refractivity contribution in [3.63, 3.8) is 0 Å². The molecule has 0 aromatic rings. The SMILES string of the molecule is O=C1/C=C/C(=O)OC2(O)CCCCC2O1. The predicted molar refractivity (Wildman–Crippen MR) is 48.5 cm³/mol. The van der Waals surface area contributed by atoms with Crippen molar-refractivity contribution in [1.82, 2.24) is 0 Å². The Bertz CT molecular complexity index is 322. The van der Waals surface area contributed by atoms with E-state index in [0.29, 0.717) is 12.8 Å². The van der Waals surface area contributed by atoms with E-state index in [-0.39, 0.29) is 0 Å². The molecule has 1 N–H and O–H groups in total. The monoisotopic (exact) mass is 212 g/mol. The van der Waals surface area contributed by atoms with Gasteiger partial charge in [0.1, 0.15) is 0 Å². The molecule has 82 valence electrons. The number of ether oxygens (including phenoxy) is 2. The van der Waals surface area contributed by atoms with Crippen LogP contribution in [-0.4, -0.2) is 28.9 Å². The number of hydrogen-bond donors (Lipinski definition) is 1. The maximum absolute atomic E-state index is 11.2. The van der Waals surface area contributed by atoms with Gasteiger partial charge in [-0.05, 0) is 19.3 Å². The number of esters is 2. The molecule has 1 heterocycles. The molecule has 0 amide bonds. The standard InChI is InChI=1S/C10H12O5/c11-8-4-5-9(12)15-10(13)6-2-1-3-7(10)14-8/h4-5,7,13H,1-3,6H2/b5-4+. The van der Waals surface area contributed by atoms with Crippen molar-refractivity contribution < 1.29 is 24.2 Å². The first kappa shape index (κ1) is 10.2. The van der Waals surface area contributed by atoms with Crippen LogP contribution in [0.15, 0.2) is 12.2 Å². The molecular formula is C10H12O5. The quantitative estimate of drug-likeness (QED) is 0.583. The third kappa shape index (κ3) is 2.02. The fraction of sp³-hybridized carbons (Fsp3) is 0.600. The molecule has 1 aliphatic heterocycles. The summed E-state index contributed by atoms with van der Waals surface area (Å²) >= 11 is 0. The maximum atomic E-state index is 11.2. The molecule has 5 heteroatoms. The zero-order valence-electron chi connectivity index (χ0n) is 8.14. The minimum atomic E-state index is -1.64. The van der Waals surface area contributed by atoms with Crippen LogP contribution in [0.4, 0.5) is 0 Å². The highest BCUT2D eigenvalue weighted by molar-refractivity contribution is 5.92. The zero-order valence-corrected chi connectivity index (χ0v) is 8.14. The van der Waals surface area contributed by atoms with Gasteiger partial charge in [0.05, 0.1) is 0 Å². The van der Waals surface area contributed by atoms with Crippen LogP contribution < -0.4 is 0 Å². The molecule has 0 bridgehead atoms. The van der Waals surface area contributed by atoms with Crippen LogP contribution in [0.25, 0.3) is 0 Å². The fourth-order valence-electron chi connectivity index (χ4n) is 1.89. The van der Waals surface area contributed by atoms with Gasteiger partial charge in [-0.2, -0.15) is 0 Å². The van der Waals surface area contributed by atoms with Crippen molar-refractivity contribution in [3.05, 3.63) is 12.2 Å². The highest BCUT2D eigenvalue weighted by Gasteiger charge is 2.45. The van der Waals surface area contributed by atoms with Crippen molar-refractivity contribution in [2.24, 2.45) is 0 Å². The molecule has 2 unspecified atom stereocenters. The van der Waals surface area contributed by atoms with Gasteiger partial charge in [0.25, 0.3) is 0 Å². The summed E-state index contributed by atoms with van der Waals surface area (Å²) in [5, 5.41) is 10.0. The number of hydrogen-bond acceptors (Lipinski definition) is 5. The number of fused-ring (bicyclic) bond motifs is 1. The zero-order chi connectivity index (χ0) is 10.9. The van der Waals surface area contributed by atoms with Crippen molar-refractivity contribution in [2.45, 2.75) is 37.6 Å². The average molecular weight is 212 g/mol. The highest BCUT2D eigenvalue weighted by atomic mass is 16.7. The molecule has 2 atom stereocenters. The van der Waals surface area contributed by atoms with Gasteiger partial charge in [0.2, 0.25) is 5.79 Å². The van der Waals surface area contributed by atoms with E-state index < -0.39 is 23.8 Å². The Morgan fingerprint density at radius 1 is 1.27 bits per heavy atom. The second kappa shape index (κ2) is 3.66. The van der Waals surface area contributed by atoms with E-state index in [2.05, 4.69) is 0 Å². The van der Waals surface area contributed by atoms with Gasteiger partial charge >= 0.3 is 11.9 Å². The number of rotatable bonds is 0. The molecule has 0 radical (unpaired) electrons. The van der Waals surface area contributed by atoms with Crippen LogP contribution >= 0.6 is 0 Å². The van der Waals surface area contributed by atoms with E-state index in [4.69, 9.17) is 9.47 Å². The average Bonchev–Trinajstić information content (AvgIpc) is 2.17. The van der Waals surface area contributed by atoms with Crippen molar-refractivity contribution in [2.75, 3.05) is 0 Å². The van der Waals surface area contributed by atoms with E-state index in [1.807, 2.05) is 0 Å². The summed E-state index contributed by atoms with van der Waals surface area (Å²) in [4.78, 5) is 22.3. The van der Waals surface area contributed by atoms with Crippen LogP contribution in [-0.2, 0) is 19.1 Å². The second-order valence-electron chi connectivity index (χ2n) is 3.77. The third-order valence-corrected chi connectivity index (χ3v) is 2.65. The molecule has 0 aromatic heterocycles. The minimum Gasteiger partial charge on any atom is -0.452 e. The molecule has 0 aromatic carbocycles. The van der Waals surface area contributed by atoms with Crippen LogP contribution in [0.1, 0.15) is 25.7 Å². The Morgan fingerprint density at radius 2 is 2.00 bits per heavy atom. The number of carbonyl (C=O) groups excluding carboxylic acids is 2. The first-order valence-corrected chi connectivity index (χ1v) is 4.94. The van der Waals surface area contributed by atoms with Gasteiger partial charge in [0.15, 0.2) is 6.10 Å². The molecule has 1 aliphatic carbocycles. The summed E-state index contributed by atoms with van der Waals surface area (Å²) in [6, 6.07) is 0. The lowest BCUT2D eigenvalue weighted by molar-refractivity contribution is -0.262. The van der Waals surface area contributed by atoms with Crippen LogP contribution in [0.5, 0.6) is 0 Å². The summed E-state index contributed by atoms with van der Waals surface area (Å²) < 4.78 is 9.88. The van der Waals surface area contributed by atoms with Gasteiger partial charge in [0, 0.05) is 18.6 Å². The Kier molecular flexibility index (Phi) is 2.48. The lowest BCUT2D eigenvalue weighted by Gasteiger charge is -2.38. The second-order valence-corrected chi connectivity index (χ2v) is 3.77. The largest absolute Gasteiger partial charge is 0.452 e. The molecule has 5 nitrogen and oxygen atoms in total. The van der Waals surface area contributed by atoms with Crippen molar-refractivity contribution >= 4 is 11.9 Å². The molecule has 1 fully saturated rings. The van der Waals surface area contributed by atoms with Gasteiger partial charge in [-0.1, -0.05) is 0 Å². The van der Waals surface area contributed by atoms with Crippen LogP contribution in [0.3, 0.4) is 0 Å². The summed E-state index contributed by atoms with van der Waals surface area (Å²) in [7, 11) is 0. The van der Waals surface area contributed by atoms with E-state index in [1.165, 1.54) is 0 Å². The van der Waals surface area contributed by atoms with Gasteiger partial charge in [-0.25, -0.2) is 9.59 Å². The first-order chi connectivity index (χ1) is 7.10. The van der Waals surface area contributed by atoms with E-state index in [1.54, 1.807) is 0 Å². The van der Waals surface area contributed by atoms with E-state index in [0.717, 1.165) is 25.0 Å². The van der Waals surface area contributed by atoms with Gasteiger partial charge in [-0.3, -0.25) is 0 Å². The summed E-state index contributed by atoms with van der Waals surface area (Å²) in [6.45, 7) is 0. The smallest absolute Gasteiger partial charge is 0.333 e. The molecule has 2 rings (SSSR count). The molecular weight excluding hydrogens is 200 g/mol. The Labute approximate surface area is 86.7 Å². The predicted octanol–water partition coefficient (Wildman–Crippen LogP) is 0.274. The highest BCUT2D eigenvalue weighted by Crippen LogP contribution is 2.32. The van der Waals surface area contributed by atoms with E-state index >= 15 is 0 Å². The normalized spacial score (nSPS) is 38.1. The lowest BCUT2D eigenvalue weighted by atomic mass is 9.91. The Hall–Kier alpha value is -1.36. The van der Waals surface area contributed by atoms with Crippen molar-refractivity contribution in [1.29, 1.82) is 0 Å². The molecule has 15 heavy (non-hydrogen) atoms. The first-order valence-electron chi connectivity index (χ1n) is 4.94. The lowest BCUT2D eigenvalue weighted by Crippen LogP contribution is -2.51. The van der Waals surface area contributed by atoms with Crippen molar-refractivity contribution in [3.8, 4) is 0 Å². The Balaban J connectivity index is 2.26. The third-order valence-electron chi connectivity index (χ3n) is 2.65. The molecule has 0 saturated heterocycles. The van der Waals surface area contributed by atoms with Gasteiger partial charge in [-0.15, -0.1) is 0 Å². The maximum Gasteiger partial charge on any atom is 0.333 e. The van der Waals surface area contributed by atoms with Gasteiger partial charge < -0.3 is 14.6 Å². The number of carbonyl (C=O) groups is 2. The van der Waals surface area contributed by atoms with E-state index in [9.17, 15) is 14.7 Å². The fourth-order valence-corrected chi connectivity index (χ4v) is 1.89. The number of aliphatic hydroxyl groups is 1. The summed E-state index contributed by atoms with van der Waals surface area (Å²) in [6.07, 6.45) is 3.66. The summed E-state index contributed by atoms with van der Waals surface area (Å²) in [5.41, 5.74) is 0. The minimum absolute atomic E-state index is 0.310. The molecule has 1 saturated carbocycles. The summed E-state index contributed by atoms with van der Waals surface area (Å²) in [5.74, 6) is -2.96.